The fourth-order valence-electron chi connectivity index (χ4n) is 0.831. The molecule has 0 bridgehead atoms. The lowest BCUT2D eigenvalue weighted by Gasteiger charge is -2.03. The summed E-state index contributed by atoms with van der Waals surface area (Å²) in [6.07, 6.45) is 0. The molecule has 1 nitrogen and oxygen atoms in total. The van der Waals surface area contributed by atoms with Crippen molar-refractivity contribution in [2.45, 2.75) is 5.88 Å². The lowest BCUT2D eigenvalue weighted by atomic mass is 10.2. The summed E-state index contributed by atoms with van der Waals surface area (Å²) in [5.74, 6) is 1.17. The van der Waals surface area contributed by atoms with Crippen LogP contribution in [0.1, 0.15) is 5.56 Å². The Balaban J connectivity index is 2.53. The van der Waals surface area contributed by atoms with Gasteiger partial charge < -0.3 is 4.74 Å². The van der Waals surface area contributed by atoms with Crippen molar-refractivity contribution in [3.05, 3.63) is 29.8 Å². The summed E-state index contributed by atoms with van der Waals surface area (Å²) in [5, 5.41) is 0. The molecule has 66 valence electrons. The topological polar surface area (TPSA) is 9.23 Å². The van der Waals surface area contributed by atoms with Gasteiger partial charge in [0, 0.05) is 5.88 Å². The molecular weight excluding hydrogens is 179 g/mol. The van der Waals surface area contributed by atoms with Crippen LogP contribution in [-0.2, 0) is 5.88 Å². The summed E-state index contributed by atoms with van der Waals surface area (Å²) >= 11 is 5.58. The van der Waals surface area contributed by atoms with E-state index < -0.39 is 6.67 Å². The number of rotatable bonds is 4. The minimum atomic E-state index is -0.461. The second-order valence-corrected chi connectivity index (χ2v) is 2.58. The van der Waals surface area contributed by atoms with Crippen molar-refractivity contribution in [2.24, 2.45) is 0 Å². The van der Waals surface area contributed by atoms with Crippen LogP contribution >= 0.6 is 11.6 Å². The second-order valence-electron chi connectivity index (χ2n) is 2.32. The van der Waals surface area contributed by atoms with E-state index in [-0.39, 0.29) is 6.61 Å². The minimum absolute atomic E-state index is 0.111. The Bertz CT molecular complexity index is 222. The summed E-state index contributed by atoms with van der Waals surface area (Å²) in [6, 6.07) is 7.29. The molecule has 0 fully saturated rings. The molecule has 0 saturated carbocycles. The third-order valence-corrected chi connectivity index (χ3v) is 1.73. The molecule has 1 aromatic rings. The normalized spacial score (nSPS) is 9.83. The third kappa shape index (κ3) is 2.70. The summed E-state index contributed by atoms with van der Waals surface area (Å²) < 4.78 is 16.7. The van der Waals surface area contributed by atoms with Crippen molar-refractivity contribution in [3.63, 3.8) is 0 Å². The number of halogens is 2. The zero-order chi connectivity index (χ0) is 8.81. The van der Waals surface area contributed by atoms with Gasteiger partial charge in [-0.25, -0.2) is 4.39 Å². The van der Waals surface area contributed by atoms with Gasteiger partial charge in [0.15, 0.2) is 0 Å². The van der Waals surface area contributed by atoms with Crippen molar-refractivity contribution >= 4 is 11.6 Å². The fourth-order valence-corrected chi connectivity index (χ4v) is 1.01. The van der Waals surface area contributed by atoms with Gasteiger partial charge in [-0.1, -0.05) is 12.1 Å². The molecule has 0 heterocycles. The number of hydrogen-bond donors (Lipinski definition) is 0. The van der Waals surface area contributed by atoms with Crippen molar-refractivity contribution in [1.82, 2.24) is 0 Å². The Morgan fingerprint density at radius 3 is 2.42 bits per heavy atom. The maximum absolute atomic E-state index is 11.7. The van der Waals surface area contributed by atoms with E-state index >= 15 is 0 Å². The minimum Gasteiger partial charge on any atom is -0.491 e. The van der Waals surface area contributed by atoms with E-state index in [1.165, 1.54) is 0 Å². The molecule has 0 aliphatic rings. The van der Waals surface area contributed by atoms with E-state index in [0.29, 0.717) is 11.6 Å². The van der Waals surface area contributed by atoms with Crippen LogP contribution in [0.15, 0.2) is 24.3 Å². The first-order valence-electron chi connectivity index (χ1n) is 3.70. The highest BCUT2D eigenvalue weighted by Crippen LogP contribution is 2.13. The average molecular weight is 189 g/mol. The first-order valence-corrected chi connectivity index (χ1v) is 4.24. The summed E-state index contributed by atoms with van der Waals surface area (Å²) in [5.41, 5.74) is 1.03. The summed E-state index contributed by atoms with van der Waals surface area (Å²) in [4.78, 5) is 0. The van der Waals surface area contributed by atoms with Crippen molar-refractivity contribution in [1.29, 1.82) is 0 Å². The Kier molecular flexibility index (Phi) is 3.88. The van der Waals surface area contributed by atoms with Gasteiger partial charge in [-0.2, -0.15) is 0 Å². The lowest BCUT2D eigenvalue weighted by molar-refractivity contribution is 0.273. The second kappa shape index (κ2) is 4.99. The van der Waals surface area contributed by atoms with Crippen molar-refractivity contribution in [3.8, 4) is 5.75 Å². The van der Waals surface area contributed by atoms with Crippen LogP contribution in [0.2, 0.25) is 0 Å². The van der Waals surface area contributed by atoms with E-state index in [0.717, 1.165) is 5.56 Å². The van der Waals surface area contributed by atoms with Crippen LogP contribution in [0.4, 0.5) is 4.39 Å². The summed E-state index contributed by atoms with van der Waals surface area (Å²) in [7, 11) is 0. The first kappa shape index (κ1) is 9.33. The lowest BCUT2D eigenvalue weighted by Crippen LogP contribution is -1.98. The first-order chi connectivity index (χ1) is 5.86. The van der Waals surface area contributed by atoms with E-state index in [2.05, 4.69) is 0 Å². The van der Waals surface area contributed by atoms with E-state index in [1.807, 2.05) is 12.1 Å². The van der Waals surface area contributed by atoms with Crippen molar-refractivity contribution < 1.29 is 9.13 Å². The maximum atomic E-state index is 11.7. The van der Waals surface area contributed by atoms with Crippen molar-refractivity contribution in [2.75, 3.05) is 13.3 Å². The predicted octanol–water partition coefficient (Wildman–Crippen LogP) is 2.77. The molecule has 0 unspecified atom stereocenters. The van der Waals surface area contributed by atoms with Gasteiger partial charge >= 0.3 is 0 Å². The van der Waals surface area contributed by atoms with Gasteiger partial charge in [0.25, 0.3) is 0 Å². The zero-order valence-electron chi connectivity index (χ0n) is 6.59. The highest BCUT2D eigenvalue weighted by molar-refractivity contribution is 6.17. The maximum Gasteiger partial charge on any atom is 0.123 e. The highest BCUT2D eigenvalue weighted by Gasteiger charge is 1.93. The Labute approximate surface area is 76.1 Å². The predicted molar refractivity (Wildman–Crippen MR) is 47.5 cm³/mol. The molecular formula is C9H10ClFO. The quantitative estimate of drug-likeness (QED) is 0.661. The van der Waals surface area contributed by atoms with E-state index in [9.17, 15) is 4.39 Å². The van der Waals surface area contributed by atoms with Crippen LogP contribution in [0.25, 0.3) is 0 Å². The van der Waals surface area contributed by atoms with Gasteiger partial charge in [-0.05, 0) is 17.7 Å². The number of benzene rings is 1. The average Bonchev–Trinajstić information content (AvgIpc) is 2.15. The van der Waals surface area contributed by atoms with Crippen LogP contribution < -0.4 is 4.74 Å². The van der Waals surface area contributed by atoms with Gasteiger partial charge in [-0.3, -0.25) is 0 Å². The fraction of sp³-hybridized carbons (Fsp3) is 0.333. The molecule has 12 heavy (non-hydrogen) atoms. The highest BCUT2D eigenvalue weighted by atomic mass is 35.5. The molecule has 0 N–H and O–H groups in total. The van der Waals surface area contributed by atoms with Gasteiger partial charge in [0.05, 0.1) is 0 Å². The summed E-state index contributed by atoms with van der Waals surface area (Å²) in [6.45, 7) is -0.350. The molecule has 0 aliphatic heterocycles. The Morgan fingerprint density at radius 1 is 1.25 bits per heavy atom. The van der Waals surface area contributed by atoms with Gasteiger partial charge in [-0.15, -0.1) is 11.6 Å². The van der Waals surface area contributed by atoms with Gasteiger partial charge in [0.1, 0.15) is 19.0 Å². The molecule has 0 radical (unpaired) electrons. The third-order valence-electron chi connectivity index (χ3n) is 1.42. The zero-order valence-corrected chi connectivity index (χ0v) is 7.35. The molecule has 0 amide bonds. The number of hydrogen-bond acceptors (Lipinski definition) is 1. The number of ether oxygens (including phenoxy) is 1. The van der Waals surface area contributed by atoms with Crippen LogP contribution in [0, 0.1) is 0 Å². The molecule has 0 atom stereocenters. The molecule has 0 aliphatic carbocycles. The van der Waals surface area contributed by atoms with Gasteiger partial charge in [0.2, 0.25) is 0 Å². The monoisotopic (exact) mass is 188 g/mol. The molecule has 0 saturated heterocycles. The molecule has 0 spiro atoms. The van der Waals surface area contributed by atoms with Crippen LogP contribution in [0.5, 0.6) is 5.75 Å². The smallest absolute Gasteiger partial charge is 0.123 e. The molecule has 1 aromatic carbocycles. The van der Waals surface area contributed by atoms with E-state index in [1.54, 1.807) is 12.1 Å². The molecule has 3 heteroatoms. The van der Waals surface area contributed by atoms with E-state index in [4.69, 9.17) is 16.3 Å². The van der Waals surface area contributed by atoms with Crippen LogP contribution in [0.3, 0.4) is 0 Å². The number of alkyl halides is 2. The SMILES string of the molecule is FCCOc1ccc(CCl)cc1. The largest absolute Gasteiger partial charge is 0.491 e. The van der Waals surface area contributed by atoms with Crippen LogP contribution in [-0.4, -0.2) is 13.3 Å². The standard InChI is InChI=1S/C9H10ClFO/c10-7-8-1-3-9(4-2-8)12-6-5-11/h1-4H,5-7H2. The Hall–Kier alpha value is -0.760. The Morgan fingerprint density at radius 2 is 1.92 bits per heavy atom. The molecule has 1 rings (SSSR count). The molecule has 0 aromatic heterocycles.